The molecule has 1 amide bonds. The van der Waals surface area contributed by atoms with Crippen molar-refractivity contribution in [2.75, 3.05) is 13.1 Å². The predicted octanol–water partition coefficient (Wildman–Crippen LogP) is 3.49. The number of piperidine rings is 1. The number of hydrogen-bond acceptors (Lipinski definition) is 7. The largest absolute Gasteiger partial charge is 0.414 e. The number of amides is 1. The van der Waals surface area contributed by atoms with Gasteiger partial charge in [0.15, 0.2) is 0 Å². The maximum atomic E-state index is 12.7. The number of thiophene rings is 1. The average molecular weight is 450 g/mol. The van der Waals surface area contributed by atoms with Crippen molar-refractivity contribution in [2.45, 2.75) is 42.0 Å². The zero-order valence-corrected chi connectivity index (χ0v) is 18.1. The number of ether oxygens (including phenoxy) is 1. The van der Waals surface area contributed by atoms with E-state index in [0.29, 0.717) is 36.6 Å². The van der Waals surface area contributed by atoms with Crippen LogP contribution in [-0.2, 0) is 19.6 Å². The van der Waals surface area contributed by atoms with Crippen LogP contribution in [0.4, 0.5) is 4.79 Å². The Balaban J connectivity index is 1.29. The Hall–Kier alpha value is -2.43. The standard InChI is InChI=1S/C20H23N3O5S2/c1-15(16-6-3-2-4-7-16)21-19(24)27-17-14-20(28-22-17)9-11-23(12-10-20)30(25,26)18-8-5-13-29-18/h2-8,13,15H,9-12,14H2,1H3,(H,21,24). The normalized spacial score (nSPS) is 19.7. The van der Waals surface area contributed by atoms with Crippen LogP contribution in [0.25, 0.3) is 0 Å². The van der Waals surface area contributed by atoms with Crippen LogP contribution in [0.2, 0.25) is 0 Å². The molecule has 1 fully saturated rings. The molecular formula is C20H23N3O5S2. The molecule has 0 aliphatic carbocycles. The number of hydrogen-bond donors (Lipinski definition) is 1. The van der Waals surface area contributed by atoms with E-state index in [1.54, 1.807) is 17.5 Å². The smallest absolute Gasteiger partial charge is 0.392 e. The van der Waals surface area contributed by atoms with Crippen molar-refractivity contribution < 1.29 is 22.8 Å². The number of nitrogens with zero attached hydrogens (tertiary/aromatic N) is 2. The molecular weight excluding hydrogens is 426 g/mol. The van der Waals surface area contributed by atoms with Gasteiger partial charge in [-0.05, 0) is 23.9 Å². The number of benzene rings is 1. The summed E-state index contributed by atoms with van der Waals surface area (Å²) in [7, 11) is -3.47. The molecule has 4 rings (SSSR count). The first-order chi connectivity index (χ1) is 14.4. The lowest BCUT2D eigenvalue weighted by molar-refractivity contribution is -0.0506. The lowest BCUT2D eigenvalue weighted by Crippen LogP contribution is -2.46. The molecule has 1 unspecified atom stereocenters. The van der Waals surface area contributed by atoms with Gasteiger partial charge in [0, 0.05) is 25.9 Å². The summed E-state index contributed by atoms with van der Waals surface area (Å²) in [4.78, 5) is 17.8. The fraction of sp³-hybridized carbons (Fsp3) is 0.400. The summed E-state index contributed by atoms with van der Waals surface area (Å²) in [6.45, 7) is 2.54. The van der Waals surface area contributed by atoms with E-state index in [4.69, 9.17) is 9.57 Å². The van der Waals surface area contributed by atoms with Crippen LogP contribution in [0.5, 0.6) is 0 Å². The minimum Gasteiger partial charge on any atom is -0.392 e. The van der Waals surface area contributed by atoms with Crippen LogP contribution >= 0.6 is 11.3 Å². The summed E-state index contributed by atoms with van der Waals surface area (Å²) < 4.78 is 32.5. The van der Waals surface area contributed by atoms with Gasteiger partial charge < -0.3 is 14.9 Å². The van der Waals surface area contributed by atoms with E-state index in [1.165, 1.54) is 15.6 Å². The van der Waals surface area contributed by atoms with Gasteiger partial charge in [-0.3, -0.25) is 0 Å². The van der Waals surface area contributed by atoms with Gasteiger partial charge in [0.25, 0.3) is 10.0 Å². The van der Waals surface area contributed by atoms with E-state index < -0.39 is 21.7 Å². The average Bonchev–Trinajstić information content (AvgIpc) is 3.40. The number of alkyl carbamates (subject to hydrolysis) is 1. The maximum absolute atomic E-state index is 12.7. The number of oxime groups is 1. The minimum atomic E-state index is -3.47. The van der Waals surface area contributed by atoms with Gasteiger partial charge in [0.2, 0.25) is 5.90 Å². The number of carbonyl (C=O) groups is 1. The highest BCUT2D eigenvalue weighted by Crippen LogP contribution is 2.37. The van der Waals surface area contributed by atoms with Gasteiger partial charge in [-0.2, -0.15) is 4.31 Å². The van der Waals surface area contributed by atoms with Crippen LogP contribution in [0, 0.1) is 0 Å². The molecule has 1 saturated heterocycles. The Bertz CT molecular complexity index is 1010. The molecule has 1 atom stereocenters. The van der Waals surface area contributed by atoms with E-state index in [9.17, 15) is 13.2 Å². The highest BCUT2D eigenvalue weighted by molar-refractivity contribution is 7.91. The Morgan fingerprint density at radius 1 is 1.23 bits per heavy atom. The van der Waals surface area contributed by atoms with Gasteiger partial charge >= 0.3 is 6.09 Å². The van der Waals surface area contributed by atoms with Crippen molar-refractivity contribution in [2.24, 2.45) is 5.16 Å². The maximum Gasteiger partial charge on any atom is 0.414 e. The molecule has 2 aliphatic rings. The lowest BCUT2D eigenvalue weighted by Gasteiger charge is -2.35. The van der Waals surface area contributed by atoms with Gasteiger partial charge in [0.05, 0.1) is 12.5 Å². The van der Waals surface area contributed by atoms with Crippen molar-refractivity contribution >= 4 is 33.4 Å². The topological polar surface area (TPSA) is 97.3 Å². The summed E-state index contributed by atoms with van der Waals surface area (Å²) in [5, 5.41) is 8.46. The quantitative estimate of drug-likeness (QED) is 0.771. The van der Waals surface area contributed by atoms with Gasteiger partial charge in [-0.25, -0.2) is 13.2 Å². The van der Waals surface area contributed by atoms with Crippen LogP contribution in [0.15, 0.2) is 57.2 Å². The second-order valence-electron chi connectivity index (χ2n) is 7.44. The van der Waals surface area contributed by atoms with E-state index in [0.717, 1.165) is 5.56 Å². The van der Waals surface area contributed by atoms with E-state index >= 15 is 0 Å². The minimum absolute atomic E-state index is 0.207. The van der Waals surface area contributed by atoms with Crippen LogP contribution in [0.1, 0.15) is 37.8 Å². The van der Waals surface area contributed by atoms with Crippen molar-refractivity contribution in [3.05, 3.63) is 53.4 Å². The third-order valence-electron chi connectivity index (χ3n) is 5.38. The molecule has 1 aromatic carbocycles. The number of carbonyl (C=O) groups excluding carboxylic acids is 1. The number of sulfonamides is 1. The lowest BCUT2D eigenvalue weighted by atomic mass is 9.89. The third-order valence-corrected chi connectivity index (χ3v) is 8.65. The first kappa shape index (κ1) is 20.8. The second-order valence-corrected chi connectivity index (χ2v) is 10.6. The van der Waals surface area contributed by atoms with Crippen molar-refractivity contribution in [1.82, 2.24) is 9.62 Å². The monoisotopic (exact) mass is 449 g/mol. The zero-order chi connectivity index (χ0) is 21.2. The van der Waals surface area contributed by atoms with Gasteiger partial charge in [-0.1, -0.05) is 41.6 Å². The number of rotatable bonds is 4. The number of nitrogens with one attached hydrogen (secondary N) is 1. The molecule has 2 aromatic rings. The fourth-order valence-electron chi connectivity index (χ4n) is 3.62. The van der Waals surface area contributed by atoms with E-state index in [-0.39, 0.29) is 11.9 Å². The summed E-state index contributed by atoms with van der Waals surface area (Å²) in [5.74, 6) is 0.210. The van der Waals surface area contributed by atoms with E-state index in [1.807, 2.05) is 37.3 Å². The summed E-state index contributed by atoms with van der Waals surface area (Å²) in [6, 6.07) is 12.7. The van der Waals surface area contributed by atoms with Gasteiger partial charge in [-0.15, -0.1) is 11.3 Å². The summed E-state index contributed by atoms with van der Waals surface area (Å²) in [5.41, 5.74) is 0.345. The third kappa shape index (κ3) is 4.35. The summed E-state index contributed by atoms with van der Waals surface area (Å²) >= 11 is 1.21. The van der Waals surface area contributed by atoms with Crippen LogP contribution in [-0.4, -0.2) is 43.4 Å². The fourth-order valence-corrected chi connectivity index (χ4v) is 6.21. The van der Waals surface area contributed by atoms with Crippen molar-refractivity contribution in [1.29, 1.82) is 0 Å². The molecule has 3 heterocycles. The molecule has 1 spiro atoms. The molecule has 1 aromatic heterocycles. The predicted molar refractivity (Wildman–Crippen MR) is 113 cm³/mol. The first-order valence-electron chi connectivity index (χ1n) is 9.70. The molecule has 1 N–H and O–H groups in total. The zero-order valence-electron chi connectivity index (χ0n) is 16.5. The first-order valence-corrected chi connectivity index (χ1v) is 12.0. The molecule has 10 heteroatoms. The highest BCUT2D eigenvalue weighted by atomic mass is 32.2. The Morgan fingerprint density at radius 3 is 2.63 bits per heavy atom. The molecule has 30 heavy (non-hydrogen) atoms. The Labute approximate surface area is 179 Å². The van der Waals surface area contributed by atoms with Gasteiger partial charge in [0.1, 0.15) is 9.81 Å². The molecule has 8 nitrogen and oxygen atoms in total. The van der Waals surface area contributed by atoms with Crippen molar-refractivity contribution in [3.63, 3.8) is 0 Å². The molecule has 0 radical (unpaired) electrons. The molecule has 0 saturated carbocycles. The Morgan fingerprint density at radius 2 is 1.97 bits per heavy atom. The molecule has 160 valence electrons. The summed E-state index contributed by atoms with van der Waals surface area (Å²) in [6.07, 6.45) is 0.711. The molecule has 0 bridgehead atoms. The van der Waals surface area contributed by atoms with Crippen molar-refractivity contribution in [3.8, 4) is 0 Å². The van der Waals surface area contributed by atoms with Crippen LogP contribution in [0.3, 0.4) is 0 Å². The second kappa shape index (κ2) is 8.37. The Kier molecular flexibility index (Phi) is 5.81. The molecule has 2 aliphatic heterocycles. The SMILES string of the molecule is CC(NC(=O)OC1=NOC2(CCN(S(=O)(=O)c3cccs3)CC2)C1)c1ccccc1. The highest BCUT2D eigenvalue weighted by Gasteiger charge is 2.45. The van der Waals surface area contributed by atoms with Crippen LogP contribution < -0.4 is 5.32 Å². The van der Waals surface area contributed by atoms with E-state index in [2.05, 4.69) is 10.5 Å².